The Labute approximate surface area is 190 Å². The Morgan fingerprint density at radius 2 is 1.00 bits per heavy atom. The smallest absolute Gasteiger partial charge is 0.147 e. The van der Waals surface area contributed by atoms with E-state index in [1.165, 1.54) is 33.4 Å². The number of halogens is 5. The fourth-order valence-corrected chi connectivity index (χ4v) is 2.32. The normalized spacial score (nSPS) is 21.1. The molecule has 0 amide bonds. The quantitative estimate of drug-likeness (QED) is 0.300. The number of allylic oxidation sites excluding steroid dienone is 8. The summed E-state index contributed by atoms with van der Waals surface area (Å²) in [7, 11) is 0. The van der Waals surface area contributed by atoms with E-state index in [9.17, 15) is 13.2 Å². The van der Waals surface area contributed by atoms with E-state index < -0.39 is 9.38 Å². The van der Waals surface area contributed by atoms with Crippen LogP contribution >= 0.6 is 24.8 Å². The Bertz CT molecular complexity index is 594. The molecule has 0 spiro atoms. The van der Waals surface area contributed by atoms with Crippen molar-refractivity contribution in [2.75, 3.05) is 0 Å². The van der Waals surface area contributed by atoms with E-state index >= 15 is 0 Å². The van der Waals surface area contributed by atoms with Crippen LogP contribution < -0.4 is 0 Å². The van der Waals surface area contributed by atoms with E-state index in [-0.39, 0.29) is 24.8 Å². The number of rotatable bonds is 0. The van der Waals surface area contributed by atoms with Crippen molar-refractivity contribution in [1.82, 2.24) is 0 Å². The van der Waals surface area contributed by atoms with Crippen LogP contribution in [0.15, 0.2) is 33.4 Å². The summed E-state index contributed by atoms with van der Waals surface area (Å²) in [6.45, 7) is 18.4. The van der Waals surface area contributed by atoms with Crippen LogP contribution in [0.5, 0.6) is 0 Å². The molecule has 0 aliphatic heterocycles. The molecule has 2 atom stereocenters. The predicted octanol–water partition coefficient (Wildman–Crippen LogP) is 7.58. The second-order valence-electron chi connectivity index (χ2n) is 6.72. The Balaban J connectivity index is -0.000000312. The second kappa shape index (κ2) is 13.3. The first-order chi connectivity index (χ1) is 11.2. The molecule has 0 radical (unpaired) electrons. The van der Waals surface area contributed by atoms with Gasteiger partial charge in [0.25, 0.3) is 0 Å². The SMILES string of the molecule is CC1=[C-]C(C)C(C)=C1C.CC1=[C-]C(C)C(C)=C1C.C[C](=[Zr+2])C(F)(F)F.Cl.Cl. The standard InChI is InChI=1S/2C9H13.C3H3F3.2ClH.Zr/c2*1-6-5-7(2)9(4)8(6)3;1-2-3(4,5)6;;;/h2*6H,1-4H3;1H3;2*1H;/q2*-1;;;;+2. The molecular formula is C21H31Cl2F3Zr. The van der Waals surface area contributed by atoms with E-state index in [1.54, 1.807) is 0 Å². The molecule has 2 aliphatic rings. The third-order valence-electron chi connectivity index (χ3n) is 4.90. The van der Waals surface area contributed by atoms with Gasteiger partial charge in [0.2, 0.25) is 0 Å². The van der Waals surface area contributed by atoms with Crippen molar-refractivity contribution in [2.24, 2.45) is 11.8 Å². The summed E-state index contributed by atoms with van der Waals surface area (Å²) in [6.07, 6.45) is 2.67. The molecule has 2 aliphatic carbocycles. The first kappa shape index (κ1) is 31.8. The summed E-state index contributed by atoms with van der Waals surface area (Å²) in [6, 6.07) is 0. The maximum Gasteiger partial charge on any atom is -0.147 e. The van der Waals surface area contributed by atoms with Crippen LogP contribution in [-0.2, 0) is 24.2 Å². The van der Waals surface area contributed by atoms with E-state index in [1.807, 2.05) is 0 Å². The Morgan fingerprint density at radius 1 is 0.778 bits per heavy atom. The zero-order chi connectivity index (χ0) is 20.1. The van der Waals surface area contributed by atoms with E-state index in [0.717, 1.165) is 6.92 Å². The van der Waals surface area contributed by atoms with Crippen molar-refractivity contribution >= 4 is 28.0 Å². The van der Waals surface area contributed by atoms with Crippen LogP contribution in [0.3, 0.4) is 0 Å². The molecular weight excluding hydrogens is 471 g/mol. The largest absolute Gasteiger partial charge is 0.147 e. The van der Waals surface area contributed by atoms with Crippen molar-refractivity contribution in [2.45, 2.75) is 68.5 Å². The van der Waals surface area contributed by atoms with Gasteiger partial charge in [0.1, 0.15) is 0 Å². The molecule has 2 rings (SSSR count). The Hall–Kier alpha value is 0.0831. The van der Waals surface area contributed by atoms with Crippen molar-refractivity contribution in [1.29, 1.82) is 0 Å². The zero-order valence-electron chi connectivity index (χ0n) is 17.6. The number of hydrogen-bond donors (Lipinski definition) is 0. The summed E-state index contributed by atoms with van der Waals surface area (Å²) in [4.78, 5) is 0. The first-order valence-corrected chi connectivity index (χ1v) is 9.61. The van der Waals surface area contributed by atoms with Crippen molar-refractivity contribution in [3.05, 3.63) is 45.6 Å². The van der Waals surface area contributed by atoms with Gasteiger partial charge < -0.3 is 0 Å². The number of alkyl halides is 3. The molecule has 6 heteroatoms. The Morgan fingerprint density at radius 3 is 1.04 bits per heavy atom. The average Bonchev–Trinajstić information content (AvgIpc) is 2.84. The van der Waals surface area contributed by atoms with Crippen LogP contribution in [0.25, 0.3) is 0 Å². The topological polar surface area (TPSA) is 0 Å². The predicted molar refractivity (Wildman–Crippen MR) is 111 cm³/mol. The van der Waals surface area contributed by atoms with Gasteiger partial charge >= 0.3 is 53.7 Å². The van der Waals surface area contributed by atoms with Gasteiger partial charge in [-0.1, -0.05) is 53.4 Å². The maximum absolute atomic E-state index is 11.2. The van der Waals surface area contributed by atoms with E-state index in [0.29, 0.717) is 36.1 Å². The fraction of sp³-hybridized carbons (Fsp3) is 0.571. The number of hydrogen-bond acceptors (Lipinski definition) is 0. The first-order valence-electron chi connectivity index (χ1n) is 8.38. The van der Waals surface area contributed by atoms with Crippen LogP contribution in [0.2, 0.25) is 0 Å². The molecule has 0 aromatic carbocycles. The minimum atomic E-state index is -4.04. The minimum absolute atomic E-state index is 0. The molecule has 0 nitrogen and oxygen atoms in total. The second-order valence-corrected chi connectivity index (χ2v) is 8.56. The molecule has 0 heterocycles. The average molecular weight is 503 g/mol. The molecule has 0 aromatic rings. The Kier molecular flexibility index (Phi) is 15.7. The maximum atomic E-state index is 11.2. The molecule has 0 N–H and O–H groups in total. The summed E-state index contributed by atoms with van der Waals surface area (Å²) in [5, 5.41) is 0. The molecule has 2 unspecified atom stereocenters. The molecule has 0 saturated heterocycles. The van der Waals surface area contributed by atoms with Crippen molar-refractivity contribution in [3.63, 3.8) is 0 Å². The van der Waals surface area contributed by atoms with Gasteiger partial charge in [-0.3, -0.25) is 12.2 Å². The molecule has 0 aromatic heterocycles. The molecule has 27 heavy (non-hydrogen) atoms. The summed E-state index contributed by atoms with van der Waals surface area (Å²) in [5.74, 6) is 1.12. The van der Waals surface area contributed by atoms with Crippen LogP contribution in [0, 0.1) is 24.0 Å². The minimum Gasteiger partial charge on any atom is -0.147 e. The third kappa shape index (κ3) is 10.4. The molecule has 0 saturated carbocycles. The summed E-state index contributed by atoms with van der Waals surface area (Å²) in [5.41, 5.74) is 8.49. The van der Waals surface area contributed by atoms with Crippen LogP contribution in [0.4, 0.5) is 13.2 Å². The van der Waals surface area contributed by atoms with Gasteiger partial charge in [0.15, 0.2) is 0 Å². The van der Waals surface area contributed by atoms with Crippen molar-refractivity contribution < 1.29 is 37.4 Å². The van der Waals surface area contributed by atoms with Gasteiger partial charge in [0.05, 0.1) is 0 Å². The van der Waals surface area contributed by atoms with Gasteiger partial charge in [-0.15, -0.1) is 38.7 Å². The fourth-order valence-electron chi connectivity index (χ4n) is 2.32. The van der Waals surface area contributed by atoms with Crippen LogP contribution in [-0.4, -0.2) is 9.38 Å². The summed E-state index contributed by atoms with van der Waals surface area (Å²) < 4.78 is 33.1. The van der Waals surface area contributed by atoms with Gasteiger partial charge in [0, 0.05) is 0 Å². The summed E-state index contributed by atoms with van der Waals surface area (Å²) >= 11 is 0.444. The van der Waals surface area contributed by atoms with Crippen molar-refractivity contribution in [3.8, 4) is 0 Å². The van der Waals surface area contributed by atoms with E-state index in [2.05, 4.69) is 67.5 Å². The third-order valence-corrected chi connectivity index (χ3v) is 5.60. The van der Waals surface area contributed by atoms with Crippen LogP contribution in [0.1, 0.15) is 62.3 Å². The van der Waals surface area contributed by atoms with E-state index in [4.69, 9.17) is 0 Å². The van der Waals surface area contributed by atoms with Gasteiger partial charge in [-0.2, -0.15) is 22.3 Å². The molecule has 0 bridgehead atoms. The molecule has 0 fully saturated rings. The molecule has 154 valence electrons. The zero-order valence-corrected chi connectivity index (χ0v) is 21.7. The van der Waals surface area contributed by atoms with Gasteiger partial charge in [-0.05, 0) is 0 Å². The van der Waals surface area contributed by atoms with Gasteiger partial charge in [-0.25, -0.2) is 11.1 Å². The monoisotopic (exact) mass is 500 g/mol.